The predicted octanol–water partition coefficient (Wildman–Crippen LogP) is 7.10. The molecule has 4 aromatic rings. The summed E-state index contributed by atoms with van der Waals surface area (Å²) < 4.78 is 11.1. The predicted molar refractivity (Wildman–Crippen MR) is 137 cm³/mol. The third kappa shape index (κ3) is 6.30. The number of nitrogens with one attached hydrogen (secondary N) is 2. The molecule has 2 aromatic carbocycles. The molecule has 35 heavy (non-hydrogen) atoms. The number of carbonyl (C=O) groups excluding carboxylic acids is 2. The summed E-state index contributed by atoms with van der Waals surface area (Å²) in [5, 5.41) is 8.58. The minimum atomic E-state index is -0.613. The first-order valence-corrected chi connectivity index (χ1v) is 12.2. The zero-order valence-corrected chi connectivity index (χ0v) is 21.6. The zero-order chi connectivity index (χ0) is 25.3. The number of halogens is 2. The lowest BCUT2D eigenvalue weighted by Crippen LogP contribution is -2.28. The van der Waals surface area contributed by atoms with Gasteiger partial charge in [-0.1, -0.05) is 23.2 Å². The monoisotopic (exact) mass is 532 g/mol. The fraction of sp³-hybridized carbons (Fsp3) is 0.250. The summed E-state index contributed by atoms with van der Waals surface area (Å²) in [6, 6.07) is 9.62. The highest BCUT2D eigenvalue weighted by atomic mass is 35.5. The van der Waals surface area contributed by atoms with E-state index in [1.54, 1.807) is 69.5 Å². The van der Waals surface area contributed by atoms with E-state index in [9.17, 15) is 9.59 Å². The van der Waals surface area contributed by atoms with Crippen LogP contribution in [0.2, 0.25) is 10.0 Å². The average molecular weight is 533 g/mol. The minimum Gasteiger partial charge on any atom is -0.444 e. The van der Waals surface area contributed by atoms with Gasteiger partial charge in [0.25, 0.3) is 5.91 Å². The second-order valence-electron chi connectivity index (χ2n) is 8.76. The van der Waals surface area contributed by atoms with Crippen LogP contribution in [0, 0.1) is 0 Å². The van der Waals surface area contributed by atoms with E-state index in [2.05, 4.69) is 20.6 Å². The second kappa shape index (κ2) is 9.85. The maximum atomic E-state index is 12.9. The number of amides is 2. The van der Waals surface area contributed by atoms with Crippen molar-refractivity contribution in [2.75, 3.05) is 5.32 Å². The van der Waals surface area contributed by atoms with Gasteiger partial charge in [-0.3, -0.25) is 10.1 Å². The molecule has 1 unspecified atom stereocenters. The van der Waals surface area contributed by atoms with E-state index in [-0.39, 0.29) is 5.91 Å². The van der Waals surface area contributed by atoms with E-state index < -0.39 is 17.7 Å². The first kappa shape index (κ1) is 25.0. The van der Waals surface area contributed by atoms with Crippen molar-refractivity contribution in [2.24, 2.45) is 0 Å². The molecule has 0 fully saturated rings. The molecule has 2 aromatic heterocycles. The molecule has 2 N–H and O–H groups in total. The molecule has 0 aliphatic rings. The van der Waals surface area contributed by atoms with Crippen LogP contribution < -0.4 is 10.6 Å². The lowest BCUT2D eigenvalue weighted by molar-refractivity contribution is 0.0635. The number of oxazole rings is 1. The number of fused-ring (bicyclic) bond motifs is 1. The minimum absolute atomic E-state index is 0.308. The van der Waals surface area contributed by atoms with Crippen LogP contribution in [0.4, 0.5) is 9.93 Å². The number of benzene rings is 2. The third-order valence-electron chi connectivity index (χ3n) is 4.68. The maximum Gasteiger partial charge on any atom is 0.413 e. The summed E-state index contributed by atoms with van der Waals surface area (Å²) in [5.41, 5.74) is 2.08. The van der Waals surface area contributed by atoms with Gasteiger partial charge in [0.2, 0.25) is 5.89 Å². The fourth-order valence-electron chi connectivity index (χ4n) is 3.15. The van der Waals surface area contributed by atoms with Crippen molar-refractivity contribution in [3.63, 3.8) is 0 Å². The number of hydrogen-bond acceptors (Lipinski definition) is 7. The van der Waals surface area contributed by atoms with Crippen molar-refractivity contribution in [2.45, 2.75) is 39.3 Å². The highest BCUT2D eigenvalue weighted by Gasteiger charge is 2.20. The van der Waals surface area contributed by atoms with Gasteiger partial charge in [-0.05, 0) is 64.1 Å². The molecule has 0 spiro atoms. The molecule has 1 atom stereocenters. The molecule has 4 rings (SSSR count). The summed E-state index contributed by atoms with van der Waals surface area (Å²) in [6.07, 6.45) is -0.588. The molecular formula is C24H22Cl2N4O4S. The molecule has 0 saturated heterocycles. The van der Waals surface area contributed by atoms with E-state index in [0.717, 1.165) is 0 Å². The van der Waals surface area contributed by atoms with Gasteiger partial charge in [0, 0.05) is 26.6 Å². The lowest BCUT2D eigenvalue weighted by atomic mass is 10.1. The molecule has 0 radical (unpaired) electrons. The topological polar surface area (TPSA) is 106 Å². The molecule has 0 saturated carbocycles. The van der Waals surface area contributed by atoms with Gasteiger partial charge in [0.1, 0.15) is 11.1 Å². The van der Waals surface area contributed by atoms with Gasteiger partial charge in [-0.15, -0.1) is 11.3 Å². The van der Waals surface area contributed by atoms with Gasteiger partial charge >= 0.3 is 6.09 Å². The summed E-state index contributed by atoms with van der Waals surface area (Å²) in [6.45, 7) is 7.14. The molecule has 11 heteroatoms. The quantitative estimate of drug-likeness (QED) is 0.284. The zero-order valence-electron chi connectivity index (χ0n) is 19.3. The number of nitrogens with zero attached hydrogens (tertiary/aromatic N) is 2. The molecular weight excluding hydrogens is 511 g/mol. The lowest BCUT2D eigenvalue weighted by Gasteiger charge is -2.18. The number of rotatable bonds is 5. The molecule has 0 aliphatic heterocycles. The molecule has 2 heterocycles. The standard InChI is InChI=1S/C24H22Cl2N4O4S/c1-12(18-11-35-22(29-18)30-23(32)34-24(2,3)4)27-20(31)13-5-6-17-19(9-13)33-21(28-17)14-7-15(25)10-16(26)8-14/h5-12H,1-4H3,(H,27,31)(H,29,30,32). The van der Waals surface area contributed by atoms with Crippen LogP contribution in [0.3, 0.4) is 0 Å². The van der Waals surface area contributed by atoms with Crippen LogP contribution in [-0.2, 0) is 4.74 Å². The molecule has 2 amide bonds. The van der Waals surface area contributed by atoms with Gasteiger partial charge in [0.15, 0.2) is 10.7 Å². The van der Waals surface area contributed by atoms with Crippen molar-refractivity contribution in [3.05, 3.63) is 63.1 Å². The highest BCUT2D eigenvalue weighted by molar-refractivity contribution is 7.13. The van der Waals surface area contributed by atoms with Crippen molar-refractivity contribution in [3.8, 4) is 11.5 Å². The largest absolute Gasteiger partial charge is 0.444 e. The average Bonchev–Trinajstić information content (AvgIpc) is 3.38. The van der Waals surface area contributed by atoms with Crippen molar-refractivity contribution in [1.82, 2.24) is 15.3 Å². The Morgan fingerprint density at radius 1 is 1.09 bits per heavy atom. The second-order valence-corrected chi connectivity index (χ2v) is 10.5. The molecule has 182 valence electrons. The van der Waals surface area contributed by atoms with E-state index >= 15 is 0 Å². The Balaban J connectivity index is 1.45. The Morgan fingerprint density at radius 3 is 2.49 bits per heavy atom. The number of ether oxygens (including phenoxy) is 1. The fourth-order valence-corrected chi connectivity index (χ4v) is 4.47. The number of aromatic nitrogens is 2. The number of hydrogen-bond donors (Lipinski definition) is 2. The Bertz CT molecular complexity index is 1390. The summed E-state index contributed by atoms with van der Waals surface area (Å²) in [7, 11) is 0. The van der Waals surface area contributed by atoms with Crippen molar-refractivity contribution < 1.29 is 18.7 Å². The van der Waals surface area contributed by atoms with E-state index in [1.165, 1.54) is 11.3 Å². The highest BCUT2D eigenvalue weighted by Crippen LogP contribution is 2.30. The van der Waals surface area contributed by atoms with Crippen LogP contribution in [0.1, 0.15) is 49.8 Å². The van der Waals surface area contributed by atoms with Crippen molar-refractivity contribution >= 4 is 62.8 Å². The maximum absolute atomic E-state index is 12.9. The Morgan fingerprint density at radius 2 is 1.80 bits per heavy atom. The first-order chi connectivity index (χ1) is 16.5. The normalized spacial score (nSPS) is 12.4. The van der Waals surface area contributed by atoms with E-state index in [0.29, 0.717) is 49.0 Å². The SMILES string of the molecule is CC(NC(=O)c1ccc2nc(-c3cc(Cl)cc(Cl)c3)oc2c1)c1csc(NC(=O)OC(C)(C)C)n1. The Labute approximate surface area is 215 Å². The van der Waals surface area contributed by atoms with Gasteiger partial charge in [-0.2, -0.15) is 0 Å². The van der Waals surface area contributed by atoms with Crippen molar-refractivity contribution in [1.29, 1.82) is 0 Å². The van der Waals surface area contributed by atoms with Gasteiger partial charge in [0.05, 0.1) is 11.7 Å². The van der Waals surface area contributed by atoms with Crippen LogP contribution in [-0.4, -0.2) is 27.6 Å². The Kier molecular flexibility index (Phi) is 7.02. The number of anilines is 1. The van der Waals surface area contributed by atoms with Crippen LogP contribution in [0.25, 0.3) is 22.6 Å². The number of carbonyl (C=O) groups is 2. The van der Waals surface area contributed by atoms with E-state index in [4.69, 9.17) is 32.4 Å². The smallest absolute Gasteiger partial charge is 0.413 e. The number of thiazole rings is 1. The molecule has 0 bridgehead atoms. The van der Waals surface area contributed by atoms with E-state index in [1.807, 2.05) is 0 Å². The summed E-state index contributed by atoms with van der Waals surface area (Å²) >= 11 is 13.4. The van der Waals surface area contributed by atoms with Crippen LogP contribution in [0.15, 0.2) is 46.2 Å². The summed E-state index contributed by atoms with van der Waals surface area (Å²) in [5.74, 6) is 0.0422. The molecule has 8 nitrogen and oxygen atoms in total. The van der Waals surface area contributed by atoms with Crippen LogP contribution >= 0.6 is 34.5 Å². The summed E-state index contributed by atoms with van der Waals surface area (Å²) in [4.78, 5) is 33.6. The third-order valence-corrected chi connectivity index (χ3v) is 5.89. The van der Waals surface area contributed by atoms with Crippen LogP contribution in [0.5, 0.6) is 0 Å². The molecule has 0 aliphatic carbocycles. The van der Waals surface area contributed by atoms with Gasteiger partial charge < -0.3 is 14.5 Å². The first-order valence-electron chi connectivity index (χ1n) is 10.6. The van der Waals surface area contributed by atoms with Gasteiger partial charge in [-0.25, -0.2) is 14.8 Å². The Hall–Kier alpha value is -3.14.